The number of urea groups is 1. The van der Waals surface area contributed by atoms with Crippen LogP contribution >= 0.6 is 0 Å². The second kappa shape index (κ2) is 6.97. The van der Waals surface area contributed by atoms with E-state index in [2.05, 4.69) is 10.6 Å². The Morgan fingerprint density at radius 1 is 1.10 bits per heavy atom. The third kappa shape index (κ3) is 4.37. The zero-order chi connectivity index (χ0) is 15.2. The van der Waals surface area contributed by atoms with Crippen LogP contribution in [0.4, 0.5) is 10.5 Å². The highest BCUT2D eigenvalue weighted by atomic mass is 16.4. The molecule has 1 aromatic rings. The molecule has 0 atom stereocenters. The zero-order valence-corrected chi connectivity index (χ0v) is 11.8. The van der Waals surface area contributed by atoms with Crippen molar-refractivity contribution in [3.05, 3.63) is 23.8 Å². The molecule has 0 unspecified atom stereocenters. The number of carbonyl (C=O) groups excluding carboxylic acids is 1. The van der Waals surface area contributed by atoms with Crippen molar-refractivity contribution >= 4 is 17.7 Å². The lowest BCUT2D eigenvalue weighted by molar-refractivity contribution is 0.0694. The third-order valence-electron chi connectivity index (χ3n) is 3.68. The minimum absolute atomic E-state index is 0.180. The number of aromatic carboxylic acids is 1. The number of benzene rings is 1. The normalized spacial score (nSPS) is 16.0. The van der Waals surface area contributed by atoms with Crippen molar-refractivity contribution in [1.82, 2.24) is 5.32 Å². The number of anilines is 1. The number of aromatic hydroxyl groups is 1. The minimum Gasteiger partial charge on any atom is -0.507 e. The highest BCUT2D eigenvalue weighted by Crippen LogP contribution is 2.22. The first-order valence-corrected chi connectivity index (χ1v) is 7.20. The maximum atomic E-state index is 11.9. The average Bonchev–Trinajstić information content (AvgIpc) is 2.66. The third-order valence-corrected chi connectivity index (χ3v) is 3.68. The van der Waals surface area contributed by atoms with Crippen molar-refractivity contribution in [2.24, 2.45) is 0 Å². The SMILES string of the molecule is O=C(Nc1ccc(C(=O)O)c(O)c1)NC1CCCCCC1. The highest BCUT2D eigenvalue weighted by Gasteiger charge is 2.15. The molecule has 6 nitrogen and oxygen atoms in total. The van der Waals surface area contributed by atoms with E-state index in [0.29, 0.717) is 5.69 Å². The lowest BCUT2D eigenvalue weighted by Crippen LogP contribution is -2.37. The summed E-state index contributed by atoms with van der Waals surface area (Å²) in [7, 11) is 0. The summed E-state index contributed by atoms with van der Waals surface area (Å²) in [5.41, 5.74) is 0.174. The largest absolute Gasteiger partial charge is 0.507 e. The van der Waals surface area contributed by atoms with Crippen molar-refractivity contribution in [2.45, 2.75) is 44.6 Å². The van der Waals surface area contributed by atoms with Gasteiger partial charge in [-0.2, -0.15) is 0 Å². The quantitative estimate of drug-likeness (QED) is 0.644. The Morgan fingerprint density at radius 2 is 1.76 bits per heavy atom. The second-order valence-electron chi connectivity index (χ2n) is 5.32. The van der Waals surface area contributed by atoms with Gasteiger partial charge in [-0.3, -0.25) is 0 Å². The summed E-state index contributed by atoms with van der Waals surface area (Å²) in [4.78, 5) is 22.7. The van der Waals surface area contributed by atoms with E-state index in [0.717, 1.165) is 25.7 Å². The molecular weight excluding hydrogens is 272 g/mol. The number of carboxylic acids is 1. The molecule has 114 valence electrons. The Hall–Kier alpha value is -2.24. The van der Waals surface area contributed by atoms with E-state index in [1.165, 1.54) is 31.0 Å². The number of phenols is 1. The molecule has 0 aliphatic heterocycles. The molecule has 1 saturated carbocycles. The van der Waals surface area contributed by atoms with Crippen molar-refractivity contribution in [3.63, 3.8) is 0 Å². The highest BCUT2D eigenvalue weighted by molar-refractivity contribution is 5.94. The summed E-state index contributed by atoms with van der Waals surface area (Å²) in [6.45, 7) is 0. The molecule has 0 bridgehead atoms. The Labute approximate surface area is 123 Å². The van der Waals surface area contributed by atoms with Gasteiger partial charge in [0.2, 0.25) is 0 Å². The van der Waals surface area contributed by atoms with Crippen LogP contribution in [0.3, 0.4) is 0 Å². The van der Waals surface area contributed by atoms with E-state index in [1.807, 2.05) is 0 Å². The van der Waals surface area contributed by atoms with Crippen LogP contribution in [0.5, 0.6) is 5.75 Å². The van der Waals surface area contributed by atoms with Crippen molar-refractivity contribution < 1.29 is 19.8 Å². The fourth-order valence-corrected chi connectivity index (χ4v) is 2.57. The Kier molecular flexibility index (Phi) is 5.03. The molecule has 0 heterocycles. The van der Waals surface area contributed by atoms with E-state index in [-0.39, 0.29) is 23.4 Å². The Morgan fingerprint density at radius 3 is 2.33 bits per heavy atom. The molecule has 0 spiro atoms. The summed E-state index contributed by atoms with van der Waals surface area (Å²) in [5, 5.41) is 23.9. The molecular formula is C15H20N2O4. The monoisotopic (exact) mass is 292 g/mol. The molecule has 0 aromatic heterocycles. The summed E-state index contributed by atoms with van der Waals surface area (Å²) in [5.74, 6) is -1.57. The van der Waals surface area contributed by atoms with Gasteiger partial charge in [-0.05, 0) is 25.0 Å². The van der Waals surface area contributed by atoms with Crippen LogP contribution in [0, 0.1) is 0 Å². The number of amides is 2. The van der Waals surface area contributed by atoms with Gasteiger partial charge in [-0.15, -0.1) is 0 Å². The standard InChI is InChI=1S/C15H20N2O4/c18-13-9-11(7-8-12(13)14(19)20)17-15(21)16-10-5-3-1-2-4-6-10/h7-10,18H,1-6H2,(H,19,20)(H2,16,17,21). The Balaban J connectivity index is 1.93. The first-order valence-electron chi connectivity index (χ1n) is 7.20. The van der Waals surface area contributed by atoms with Crippen molar-refractivity contribution in [1.29, 1.82) is 0 Å². The van der Waals surface area contributed by atoms with Crippen LogP contribution in [0.25, 0.3) is 0 Å². The summed E-state index contributed by atoms with van der Waals surface area (Å²) < 4.78 is 0. The molecule has 2 amide bonds. The number of carboxylic acid groups (broad SMARTS) is 1. The van der Waals surface area contributed by atoms with Crippen LogP contribution in [0.1, 0.15) is 48.9 Å². The van der Waals surface area contributed by atoms with Crippen LogP contribution in [0.2, 0.25) is 0 Å². The lowest BCUT2D eigenvalue weighted by Gasteiger charge is -2.17. The summed E-state index contributed by atoms with van der Waals surface area (Å²) in [6, 6.07) is 3.80. The topological polar surface area (TPSA) is 98.7 Å². The molecule has 1 aliphatic carbocycles. The van der Waals surface area contributed by atoms with Crippen LogP contribution < -0.4 is 10.6 Å². The van der Waals surface area contributed by atoms with E-state index >= 15 is 0 Å². The van der Waals surface area contributed by atoms with Crippen molar-refractivity contribution in [2.75, 3.05) is 5.32 Å². The number of hydrogen-bond acceptors (Lipinski definition) is 3. The molecule has 1 aliphatic rings. The fraction of sp³-hybridized carbons (Fsp3) is 0.467. The van der Waals surface area contributed by atoms with Gasteiger partial charge >= 0.3 is 12.0 Å². The molecule has 0 radical (unpaired) electrons. The van der Waals surface area contributed by atoms with Gasteiger partial charge in [0.1, 0.15) is 11.3 Å². The number of nitrogens with one attached hydrogen (secondary N) is 2. The molecule has 6 heteroatoms. The molecule has 1 fully saturated rings. The van der Waals surface area contributed by atoms with E-state index in [4.69, 9.17) is 5.11 Å². The lowest BCUT2D eigenvalue weighted by atomic mass is 10.1. The van der Waals surface area contributed by atoms with Gasteiger partial charge in [0.05, 0.1) is 0 Å². The van der Waals surface area contributed by atoms with Gasteiger partial charge in [0.25, 0.3) is 0 Å². The van der Waals surface area contributed by atoms with Gasteiger partial charge in [-0.1, -0.05) is 25.7 Å². The van der Waals surface area contributed by atoms with Crippen LogP contribution in [-0.2, 0) is 0 Å². The molecule has 2 rings (SSSR count). The summed E-state index contributed by atoms with van der Waals surface area (Å²) in [6.07, 6.45) is 6.64. The van der Waals surface area contributed by atoms with Gasteiger partial charge in [0.15, 0.2) is 0 Å². The van der Waals surface area contributed by atoms with Crippen molar-refractivity contribution in [3.8, 4) is 5.75 Å². The predicted molar refractivity (Wildman–Crippen MR) is 78.7 cm³/mol. The maximum absolute atomic E-state index is 11.9. The smallest absolute Gasteiger partial charge is 0.339 e. The first-order chi connectivity index (χ1) is 10.1. The van der Waals surface area contributed by atoms with Gasteiger partial charge < -0.3 is 20.8 Å². The molecule has 1 aromatic carbocycles. The predicted octanol–water partition coefficient (Wildman–Crippen LogP) is 2.93. The zero-order valence-electron chi connectivity index (χ0n) is 11.8. The molecule has 4 N–H and O–H groups in total. The number of carbonyl (C=O) groups is 2. The van der Waals surface area contributed by atoms with E-state index < -0.39 is 5.97 Å². The van der Waals surface area contributed by atoms with E-state index in [9.17, 15) is 14.7 Å². The van der Waals surface area contributed by atoms with Gasteiger partial charge in [-0.25, -0.2) is 9.59 Å². The van der Waals surface area contributed by atoms with Gasteiger partial charge in [0, 0.05) is 17.8 Å². The number of hydrogen-bond donors (Lipinski definition) is 4. The maximum Gasteiger partial charge on any atom is 0.339 e. The molecule has 21 heavy (non-hydrogen) atoms. The van der Waals surface area contributed by atoms with Crippen LogP contribution in [-0.4, -0.2) is 28.3 Å². The number of rotatable bonds is 3. The average molecular weight is 292 g/mol. The minimum atomic E-state index is -1.21. The Bertz CT molecular complexity index is 522. The second-order valence-corrected chi connectivity index (χ2v) is 5.32. The summed E-state index contributed by atoms with van der Waals surface area (Å²) >= 11 is 0. The van der Waals surface area contributed by atoms with E-state index in [1.54, 1.807) is 0 Å². The fourth-order valence-electron chi connectivity index (χ4n) is 2.57. The molecule has 0 saturated heterocycles. The first kappa shape index (κ1) is 15.2. The van der Waals surface area contributed by atoms with Crippen LogP contribution in [0.15, 0.2) is 18.2 Å².